The minimum absolute atomic E-state index is 0. The fraction of sp³-hybridized carbons (Fsp3) is 0.562. The normalized spacial score (nSPS) is 20.0. The van der Waals surface area contributed by atoms with Crippen LogP contribution >= 0.6 is 28.3 Å². The number of nitrogens with two attached hydrogens (primary N) is 1. The number of carbonyl (C=O) groups excluding carboxylic acids is 1. The Labute approximate surface area is 152 Å². The lowest BCUT2D eigenvalue weighted by Gasteiger charge is -2.24. The van der Waals surface area contributed by atoms with Crippen molar-refractivity contribution in [2.75, 3.05) is 26.2 Å². The Morgan fingerprint density at radius 2 is 2.09 bits per heavy atom. The molecule has 2 rings (SSSR count). The molecule has 1 aliphatic rings. The molecule has 0 radical (unpaired) electrons. The first-order valence-electron chi connectivity index (χ1n) is 7.66. The molecule has 1 aromatic rings. The molecule has 0 spiro atoms. The van der Waals surface area contributed by atoms with Gasteiger partial charge in [-0.25, -0.2) is 0 Å². The summed E-state index contributed by atoms with van der Waals surface area (Å²) in [5.41, 5.74) is 5.59. The minimum atomic E-state index is -0.346. The Morgan fingerprint density at radius 3 is 2.65 bits per heavy atom. The molecule has 0 bridgehead atoms. The number of amides is 1. The van der Waals surface area contributed by atoms with Crippen LogP contribution in [0, 0.1) is 0 Å². The quantitative estimate of drug-likeness (QED) is 0.754. The number of likely N-dealkylation sites (N-methyl/N-ethyl adjacent to an activating group) is 1. The smallest absolute Gasteiger partial charge is 0.251 e. The van der Waals surface area contributed by atoms with Crippen LogP contribution in [0.25, 0.3) is 0 Å². The van der Waals surface area contributed by atoms with E-state index in [-0.39, 0.29) is 30.5 Å². The number of benzene rings is 1. The predicted molar refractivity (Wildman–Crippen MR) is 96.1 cm³/mol. The average Bonchev–Trinajstić information content (AvgIpc) is 3.02. The molecule has 130 valence electrons. The van der Waals surface area contributed by atoms with Gasteiger partial charge in [-0.1, -0.05) is 15.9 Å². The first kappa shape index (κ1) is 20.2. The van der Waals surface area contributed by atoms with E-state index >= 15 is 0 Å². The summed E-state index contributed by atoms with van der Waals surface area (Å²) in [6, 6.07) is 7.65. The van der Waals surface area contributed by atoms with E-state index in [4.69, 9.17) is 15.2 Å². The van der Waals surface area contributed by atoms with Gasteiger partial charge in [-0.3, -0.25) is 4.79 Å². The SMILES string of the molecule is CCN(CCOc1ccc(Br)cc1)C(=O)[C@@H]1CC[C@H](CN)O1.Cl. The van der Waals surface area contributed by atoms with Crippen molar-refractivity contribution in [3.8, 4) is 5.75 Å². The molecule has 1 heterocycles. The molecule has 0 aromatic heterocycles. The van der Waals surface area contributed by atoms with Gasteiger partial charge < -0.3 is 20.1 Å². The molecule has 23 heavy (non-hydrogen) atoms. The maximum Gasteiger partial charge on any atom is 0.251 e. The van der Waals surface area contributed by atoms with Crippen molar-refractivity contribution in [2.45, 2.75) is 32.0 Å². The van der Waals surface area contributed by atoms with E-state index in [0.29, 0.717) is 26.2 Å². The molecule has 1 aromatic carbocycles. The van der Waals surface area contributed by atoms with Crippen LogP contribution in [0.2, 0.25) is 0 Å². The minimum Gasteiger partial charge on any atom is -0.492 e. The van der Waals surface area contributed by atoms with E-state index < -0.39 is 0 Å². The van der Waals surface area contributed by atoms with Gasteiger partial charge in [0.25, 0.3) is 5.91 Å². The van der Waals surface area contributed by atoms with E-state index in [1.165, 1.54) is 0 Å². The number of hydrogen-bond acceptors (Lipinski definition) is 4. The Balaban J connectivity index is 0.00000264. The van der Waals surface area contributed by atoms with Crippen molar-refractivity contribution in [3.05, 3.63) is 28.7 Å². The van der Waals surface area contributed by atoms with Crippen LogP contribution in [0.5, 0.6) is 5.75 Å². The van der Waals surface area contributed by atoms with E-state index in [9.17, 15) is 4.79 Å². The van der Waals surface area contributed by atoms with Gasteiger partial charge in [0.05, 0.1) is 12.6 Å². The Morgan fingerprint density at radius 1 is 1.39 bits per heavy atom. The van der Waals surface area contributed by atoms with Gasteiger partial charge >= 0.3 is 0 Å². The fourth-order valence-electron chi connectivity index (χ4n) is 2.49. The molecule has 1 saturated heterocycles. The molecule has 2 N–H and O–H groups in total. The van der Waals surface area contributed by atoms with Gasteiger partial charge in [-0.05, 0) is 44.0 Å². The lowest BCUT2D eigenvalue weighted by atomic mass is 10.2. The van der Waals surface area contributed by atoms with Crippen molar-refractivity contribution in [2.24, 2.45) is 5.73 Å². The molecule has 7 heteroatoms. The van der Waals surface area contributed by atoms with Crippen molar-refractivity contribution < 1.29 is 14.3 Å². The highest BCUT2D eigenvalue weighted by Gasteiger charge is 2.32. The number of nitrogens with zero attached hydrogens (tertiary/aromatic N) is 1. The number of rotatable bonds is 7. The molecule has 5 nitrogen and oxygen atoms in total. The lowest BCUT2D eigenvalue weighted by molar-refractivity contribution is -0.142. The number of hydrogen-bond donors (Lipinski definition) is 1. The first-order chi connectivity index (χ1) is 10.6. The van der Waals surface area contributed by atoms with Crippen molar-refractivity contribution in [3.63, 3.8) is 0 Å². The Kier molecular flexibility index (Phi) is 8.91. The van der Waals surface area contributed by atoms with Gasteiger partial charge in [0.2, 0.25) is 0 Å². The number of ether oxygens (including phenoxy) is 2. The second-order valence-electron chi connectivity index (χ2n) is 5.28. The van der Waals surface area contributed by atoms with Gasteiger partial charge in [-0.15, -0.1) is 12.4 Å². The Hall–Kier alpha value is -0.820. The van der Waals surface area contributed by atoms with Crippen molar-refractivity contribution in [1.82, 2.24) is 4.90 Å². The molecule has 0 saturated carbocycles. The monoisotopic (exact) mass is 406 g/mol. The second-order valence-corrected chi connectivity index (χ2v) is 6.20. The predicted octanol–water partition coefficient (Wildman–Crippen LogP) is 2.60. The highest BCUT2D eigenvalue weighted by atomic mass is 79.9. The lowest BCUT2D eigenvalue weighted by Crippen LogP contribution is -2.41. The highest BCUT2D eigenvalue weighted by Crippen LogP contribution is 2.21. The molecule has 2 atom stereocenters. The zero-order chi connectivity index (χ0) is 15.9. The van der Waals surface area contributed by atoms with E-state index in [2.05, 4.69) is 15.9 Å². The summed E-state index contributed by atoms with van der Waals surface area (Å²) >= 11 is 3.38. The van der Waals surface area contributed by atoms with Crippen LogP contribution in [0.4, 0.5) is 0 Å². The summed E-state index contributed by atoms with van der Waals surface area (Å²) in [4.78, 5) is 14.2. The molecule has 1 fully saturated rings. The third-order valence-corrected chi connectivity index (χ3v) is 4.31. The Bertz CT molecular complexity index is 487. The third-order valence-electron chi connectivity index (χ3n) is 3.78. The zero-order valence-corrected chi connectivity index (χ0v) is 15.6. The van der Waals surface area contributed by atoms with Gasteiger partial charge in [0.15, 0.2) is 0 Å². The first-order valence-corrected chi connectivity index (χ1v) is 8.46. The van der Waals surface area contributed by atoms with Crippen LogP contribution in [-0.4, -0.2) is 49.3 Å². The summed E-state index contributed by atoms with van der Waals surface area (Å²) in [6.45, 7) is 4.11. The van der Waals surface area contributed by atoms with Gasteiger partial charge in [0.1, 0.15) is 18.5 Å². The number of carbonyl (C=O) groups is 1. The van der Waals surface area contributed by atoms with Gasteiger partial charge in [-0.2, -0.15) is 0 Å². The average molecular weight is 408 g/mol. The molecule has 0 aliphatic carbocycles. The van der Waals surface area contributed by atoms with Crippen LogP contribution < -0.4 is 10.5 Å². The summed E-state index contributed by atoms with van der Waals surface area (Å²) in [7, 11) is 0. The van der Waals surface area contributed by atoms with Crippen molar-refractivity contribution >= 4 is 34.2 Å². The molecule has 1 amide bonds. The van der Waals surface area contributed by atoms with Crippen LogP contribution in [0.15, 0.2) is 28.7 Å². The second kappa shape index (κ2) is 10.1. The molecular formula is C16H24BrClN2O3. The van der Waals surface area contributed by atoms with Crippen molar-refractivity contribution in [1.29, 1.82) is 0 Å². The topological polar surface area (TPSA) is 64.8 Å². The van der Waals surface area contributed by atoms with Crippen LogP contribution in [0.1, 0.15) is 19.8 Å². The zero-order valence-electron chi connectivity index (χ0n) is 13.2. The standard InChI is InChI=1S/C16H23BrN2O3.ClH/c1-2-19(16(20)15-8-7-14(11-18)22-15)9-10-21-13-5-3-12(17)4-6-13;/h3-6,14-15H,2,7-11,18H2,1H3;1H/t14-,15+;/m1./s1. The van der Waals surface area contributed by atoms with Gasteiger partial charge in [0, 0.05) is 17.6 Å². The van der Waals surface area contributed by atoms with E-state index in [1.54, 1.807) is 4.90 Å². The number of halogens is 2. The van der Waals surface area contributed by atoms with E-state index in [0.717, 1.165) is 23.1 Å². The van der Waals surface area contributed by atoms with Crippen LogP contribution in [0.3, 0.4) is 0 Å². The largest absolute Gasteiger partial charge is 0.492 e. The highest BCUT2D eigenvalue weighted by molar-refractivity contribution is 9.10. The molecule has 0 unspecified atom stereocenters. The molecule has 1 aliphatic heterocycles. The van der Waals surface area contributed by atoms with Crippen LogP contribution in [-0.2, 0) is 9.53 Å². The third kappa shape index (κ3) is 5.95. The summed E-state index contributed by atoms with van der Waals surface area (Å²) < 4.78 is 12.4. The fourth-order valence-corrected chi connectivity index (χ4v) is 2.76. The summed E-state index contributed by atoms with van der Waals surface area (Å²) in [5.74, 6) is 0.838. The van der Waals surface area contributed by atoms with E-state index in [1.807, 2.05) is 31.2 Å². The summed E-state index contributed by atoms with van der Waals surface area (Å²) in [5, 5.41) is 0. The maximum absolute atomic E-state index is 12.4. The summed E-state index contributed by atoms with van der Waals surface area (Å²) in [6.07, 6.45) is 1.29. The maximum atomic E-state index is 12.4. The molecular weight excluding hydrogens is 384 g/mol.